The Morgan fingerprint density at radius 1 is 1.00 bits per heavy atom. The summed E-state index contributed by atoms with van der Waals surface area (Å²) in [4.78, 5) is 36.0. The van der Waals surface area contributed by atoms with Crippen molar-refractivity contribution >= 4 is 23.2 Å². The quantitative estimate of drug-likeness (QED) is 0.356. The molecule has 1 fully saturated rings. The minimum absolute atomic E-state index is 0.0609. The highest BCUT2D eigenvalue weighted by molar-refractivity contribution is 5.81. The molecular weight excluding hydrogens is 466 g/mol. The fourth-order valence-electron chi connectivity index (χ4n) is 4.23. The van der Waals surface area contributed by atoms with E-state index in [-0.39, 0.29) is 36.4 Å². The van der Waals surface area contributed by atoms with E-state index in [0.29, 0.717) is 26.2 Å². The van der Waals surface area contributed by atoms with Gasteiger partial charge in [-0.1, -0.05) is 36.4 Å². The first-order valence-electron chi connectivity index (χ1n) is 11.5. The van der Waals surface area contributed by atoms with Gasteiger partial charge in [-0.3, -0.25) is 30.7 Å². The summed E-state index contributed by atoms with van der Waals surface area (Å²) < 4.78 is 10.8. The molecule has 0 atom stereocenters. The van der Waals surface area contributed by atoms with Gasteiger partial charge in [0, 0.05) is 32.7 Å². The van der Waals surface area contributed by atoms with Crippen LogP contribution in [0.4, 0.5) is 17.3 Å². The average Bonchev–Trinajstić information content (AvgIpc) is 3.36. The lowest BCUT2D eigenvalue weighted by Crippen LogP contribution is -2.46. The van der Waals surface area contributed by atoms with Crippen molar-refractivity contribution in [3.63, 3.8) is 0 Å². The molecule has 1 amide bonds. The predicted molar refractivity (Wildman–Crippen MR) is 131 cm³/mol. The molecule has 0 unspecified atom stereocenters. The lowest BCUT2D eigenvalue weighted by atomic mass is 10.1. The molecule has 36 heavy (non-hydrogen) atoms. The molecule has 0 bridgehead atoms. The number of fused-ring (bicyclic) bond motifs is 1. The van der Waals surface area contributed by atoms with Crippen molar-refractivity contribution in [1.29, 1.82) is 0 Å². The standard InChI is InChI=1S/C24H25N7O5/c32-21(13-17-4-2-1-3-5-17)27-28-23-22(31(33)34)24(26-15-25-23)30-10-8-29(9-11-30)14-18-6-7-19-20(12-18)36-16-35-19/h1-7,12,15H,8-11,13-14,16H2,(H,27,32)(H,25,26,28). The number of rotatable bonds is 8. The number of nitrogens with one attached hydrogen (secondary N) is 2. The minimum Gasteiger partial charge on any atom is -0.454 e. The van der Waals surface area contributed by atoms with E-state index >= 15 is 0 Å². The molecule has 2 N–H and O–H groups in total. The molecule has 3 heterocycles. The molecule has 5 rings (SSSR count). The van der Waals surface area contributed by atoms with Crippen LogP contribution >= 0.6 is 0 Å². The van der Waals surface area contributed by atoms with Gasteiger partial charge in [0.25, 0.3) is 0 Å². The number of carbonyl (C=O) groups is 1. The molecule has 3 aromatic rings. The van der Waals surface area contributed by atoms with E-state index < -0.39 is 4.92 Å². The summed E-state index contributed by atoms with van der Waals surface area (Å²) in [7, 11) is 0. The number of hydrogen-bond acceptors (Lipinski definition) is 10. The molecular formula is C24H25N7O5. The summed E-state index contributed by atoms with van der Waals surface area (Å²) in [5, 5.41) is 11.9. The number of nitro groups is 1. The van der Waals surface area contributed by atoms with Crippen LogP contribution in [0, 0.1) is 10.1 Å². The van der Waals surface area contributed by atoms with Gasteiger partial charge in [0.05, 0.1) is 11.3 Å². The minimum atomic E-state index is -0.528. The van der Waals surface area contributed by atoms with E-state index in [2.05, 4.69) is 25.7 Å². The van der Waals surface area contributed by atoms with Crippen LogP contribution in [0.2, 0.25) is 0 Å². The Morgan fingerprint density at radius 3 is 2.56 bits per heavy atom. The zero-order valence-corrected chi connectivity index (χ0v) is 19.4. The van der Waals surface area contributed by atoms with E-state index in [1.165, 1.54) is 6.33 Å². The number of anilines is 2. The van der Waals surface area contributed by atoms with Crippen LogP contribution in [0.5, 0.6) is 11.5 Å². The molecule has 0 aliphatic carbocycles. The largest absolute Gasteiger partial charge is 0.454 e. The number of ether oxygens (including phenoxy) is 2. The van der Waals surface area contributed by atoms with Crippen LogP contribution in [0.3, 0.4) is 0 Å². The van der Waals surface area contributed by atoms with Crippen LogP contribution in [0.1, 0.15) is 11.1 Å². The Bertz CT molecular complexity index is 1250. The van der Waals surface area contributed by atoms with E-state index in [0.717, 1.165) is 29.2 Å². The van der Waals surface area contributed by atoms with Crippen LogP contribution in [0.15, 0.2) is 54.9 Å². The van der Waals surface area contributed by atoms with Gasteiger partial charge in [0.1, 0.15) is 6.33 Å². The zero-order chi connectivity index (χ0) is 24.9. The van der Waals surface area contributed by atoms with E-state index in [9.17, 15) is 14.9 Å². The highest BCUT2D eigenvalue weighted by Gasteiger charge is 2.29. The van der Waals surface area contributed by atoms with Gasteiger partial charge in [0.15, 0.2) is 11.5 Å². The van der Waals surface area contributed by atoms with Crippen molar-refractivity contribution in [2.24, 2.45) is 0 Å². The lowest BCUT2D eigenvalue weighted by Gasteiger charge is -2.35. The summed E-state index contributed by atoms with van der Waals surface area (Å²) >= 11 is 0. The number of aromatic nitrogens is 2. The molecule has 2 aliphatic heterocycles. The highest BCUT2D eigenvalue weighted by atomic mass is 16.7. The summed E-state index contributed by atoms with van der Waals surface area (Å²) in [6, 6.07) is 15.1. The van der Waals surface area contributed by atoms with Crippen LogP contribution in [-0.4, -0.2) is 58.7 Å². The van der Waals surface area contributed by atoms with Gasteiger partial charge in [-0.2, -0.15) is 0 Å². The molecule has 12 nitrogen and oxygen atoms in total. The fourth-order valence-corrected chi connectivity index (χ4v) is 4.23. The van der Waals surface area contributed by atoms with Crippen molar-refractivity contribution < 1.29 is 19.2 Å². The maximum atomic E-state index is 12.3. The normalized spacial score (nSPS) is 14.9. The summed E-state index contributed by atoms with van der Waals surface area (Å²) in [5.74, 6) is 1.32. The zero-order valence-electron chi connectivity index (χ0n) is 19.4. The van der Waals surface area contributed by atoms with Crippen molar-refractivity contribution in [1.82, 2.24) is 20.3 Å². The van der Waals surface area contributed by atoms with Gasteiger partial charge in [0.2, 0.25) is 24.3 Å². The maximum absolute atomic E-state index is 12.3. The third kappa shape index (κ3) is 5.28. The number of amides is 1. The topological polar surface area (TPSA) is 135 Å². The van der Waals surface area contributed by atoms with Crippen LogP contribution in [0.25, 0.3) is 0 Å². The monoisotopic (exact) mass is 491 g/mol. The van der Waals surface area contributed by atoms with Crippen molar-refractivity contribution in [3.05, 3.63) is 76.1 Å². The Labute approximate surface area is 207 Å². The number of carbonyl (C=O) groups excluding carboxylic acids is 1. The molecule has 186 valence electrons. The first-order chi connectivity index (χ1) is 17.6. The lowest BCUT2D eigenvalue weighted by molar-refractivity contribution is -0.383. The third-order valence-electron chi connectivity index (χ3n) is 6.03. The number of hydrogen-bond donors (Lipinski definition) is 2. The average molecular weight is 492 g/mol. The van der Waals surface area contributed by atoms with Crippen molar-refractivity contribution in [3.8, 4) is 11.5 Å². The number of hydrazine groups is 1. The smallest absolute Gasteiger partial charge is 0.355 e. The molecule has 12 heteroatoms. The summed E-state index contributed by atoms with van der Waals surface area (Å²) in [6.07, 6.45) is 1.39. The molecule has 2 aromatic carbocycles. The van der Waals surface area contributed by atoms with Crippen molar-refractivity contribution in [2.75, 3.05) is 43.3 Å². The highest BCUT2D eigenvalue weighted by Crippen LogP contribution is 2.34. The summed E-state index contributed by atoms with van der Waals surface area (Å²) in [5.41, 5.74) is 6.76. The van der Waals surface area contributed by atoms with E-state index in [1.807, 2.05) is 53.4 Å². The molecule has 2 aliphatic rings. The second-order valence-electron chi connectivity index (χ2n) is 8.44. The molecule has 1 saturated heterocycles. The first-order valence-corrected chi connectivity index (χ1v) is 11.5. The Morgan fingerprint density at radius 2 is 1.78 bits per heavy atom. The maximum Gasteiger partial charge on any atom is 0.355 e. The van der Waals surface area contributed by atoms with E-state index in [1.54, 1.807) is 0 Å². The second-order valence-corrected chi connectivity index (χ2v) is 8.44. The predicted octanol–water partition coefficient (Wildman–Crippen LogP) is 2.12. The van der Waals surface area contributed by atoms with Gasteiger partial charge in [-0.25, -0.2) is 9.97 Å². The van der Waals surface area contributed by atoms with Crippen LogP contribution < -0.4 is 25.2 Å². The molecule has 0 spiro atoms. The van der Waals surface area contributed by atoms with Crippen LogP contribution in [-0.2, 0) is 17.8 Å². The number of nitrogens with zero attached hydrogens (tertiary/aromatic N) is 5. The first kappa shape index (κ1) is 23.3. The van der Waals surface area contributed by atoms with Gasteiger partial charge in [-0.05, 0) is 23.3 Å². The van der Waals surface area contributed by atoms with Gasteiger partial charge in [-0.15, -0.1) is 0 Å². The Hall–Kier alpha value is -4.45. The second kappa shape index (κ2) is 10.4. The van der Waals surface area contributed by atoms with Gasteiger partial charge < -0.3 is 14.4 Å². The van der Waals surface area contributed by atoms with Crippen molar-refractivity contribution in [2.45, 2.75) is 13.0 Å². The van der Waals surface area contributed by atoms with E-state index in [4.69, 9.17) is 9.47 Å². The number of benzene rings is 2. The molecule has 0 radical (unpaired) electrons. The SMILES string of the molecule is O=C(Cc1ccccc1)NNc1ncnc(N2CCN(Cc3ccc4c(c3)OCO4)CC2)c1[N+](=O)[O-]. The molecule has 0 saturated carbocycles. The fraction of sp³-hybridized carbons (Fsp3) is 0.292. The number of piperazine rings is 1. The Balaban J connectivity index is 1.21. The molecule has 1 aromatic heterocycles. The third-order valence-corrected chi connectivity index (χ3v) is 6.03. The van der Waals surface area contributed by atoms with Gasteiger partial charge >= 0.3 is 5.69 Å². The Kier molecular flexibility index (Phi) is 6.76. The summed E-state index contributed by atoms with van der Waals surface area (Å²) in [6.45, 7) is 3.49.